The number of halogens is 3. The standard InChI is InChI=1S/C24H24F3N7O4/c25-24(26,27)14-3-1-2-13(6-14)21-28-8-18-22(33-21)31-15-4-5-17(34(18)9-15)23(37)32-19-7-20(30-12-29-19)38-11-16(36)10-35/h1-3,6-8,12,15-17,35-36H,4-5,9-11H2,(H,28,31,33)(H,29,30,32,37)/t15-,16+,17?/m0/s1. The van der Waals surface area contributed by atoms with Gasteiger partial charge in [-0.05, 0) is 25.0 Å². The number of anilines is 1. The van der Waals surface area contributed by atoms with Gasteiger partial charge in [0.05, 0.1) is 30.1 Å². The number of ether oxygens (including phenoxy) is 1. The minimum absolute atomic E-state index is 0.0865. The predicted molar refractivity (Wildman–Crippen MR) is 129 cm³/mol. The maximum atomic E-state index is 13.2. The first-order chi connectivity index (χ1) is 18.2. The topological polar surface area (TPSA) is 145 Å². The van der Waals surface area contributed by atoms with Crippen LogP contribution in [0.25, 0.3) is 0 Å². The van der Waals surface area contributed by atoms with E-state index in [2.05, 4.69) is 30.6 Å². The van der Waals surface area contributed by atoms with Gasteiger partial charge in [0, 0.05) is 18.2 Å². The van der Waals surface area contributed by atoms with Crippen molar-refractivity contribution < 1.29 is 32.9 Å². The number of benzene rings is 1. The average Bonchev–Trinajstić information content (AvgIpc) is 2.91. The van der Waals surface area contributed by atoms with Gasteiger partial charge in [0.1, 0.15) is 36.7 Å². The smallest absolute Gasteiger partial charge is 0.416 e. The second kappa shape index (κ2) is 10.4. The van der Waals surface area contributed by atoms with Gasteiger partial charge in [-0.1, -0.05) is 12.1 Å². The van der Waals surface area contributed by atoms with Crippen molar-refractivity contribution >= 4 is 23.4 Å². The van der Waals surface area contributed by atoms with Crippen LogP contribution in [-0.4, -0.2) is 80.6 Å². The zero-order valence-corrected chi connectivity index (χ0v) is 19.9. The Labute approximate surface area is 214 Å². The van der Waals surface area contributed by atoms with Crippen LogP contribution in [-0.2, 0) is 11.0 Å². The molecule has 0 aliphatic carbocycles. The monoisotopic (exact) mass is 531 g/mol. The molecule has 14 heteroatoms. The van der Waals surface area contributed by atoms with Gasteiger partial charge in [0.15, 0.2) is 5.84 Å². The summed E-state index contributed by atoms with van der Waals surface area (Å²) in [5, 5.41) is 24.1. The number of aliphatic hydroxyl groups is 2. The second-order valence-corrected chi connectivity index (χ2v) is 8.95. The Morgan fingerprint density at radius 3 is 2.87 bits per heavy atom. The number of alkyl halides is 3. The van der Waals surface area contributed by atoms with Crippen molar-refractivity contribution in [1.29, 1.82) is 0 Å². The molecule has 1 fully saturated rings. The van der Waals surface area contributed by atoms with Crippen LogP contribution in [0.3, 0.4) is 0 Å². The molecular weight excluding hydrogens is 507 g/mol. The van der Waals surface area contributed by atoms with Crippen LogP contribution in [0.4, 0.5) is 19.0 Å². The molecular formula is C24H24F3N7O4. The molecule has 0 saturated carbocycles. The van der Waals surface area contributed by atoms with Gasteiger partial charge in [-0.2, -0.15) is 13.2 Å². The molecule has 0 radical (unpaired) electrons. The largest absolute Gasteiger partial charge is 0.475 e. The van der Waals surface area contributed by atoms with E-state index >= 15 is 0 Å². The number of carbonyl (C=O) groups is 1. The highest BCUT2D eigenvalue weighted by Crippen LogP contribution is 2.32. The lowest BCUT2D eigenvalue weighted by atomic mass is 9.94. The molecule has 3 aliphatic heterocycles. The molecule has 1 saturated heterocycles. The number of carbonyl (C=O) groups excluding carboxylic acids is 1. The summed E-state index contributed by atoms with van der Waals surface area (Å²) in [6.07, 6.45) is -1.67. The van der Waals surface area contributed by atoms with Gasteiger partial charge < -0.3 is 30.5 Å². The van der Waals surface area contributed by atoms with Crippen LogP contribution in [0.2, 0.25) is 0 Å². The number of piperidine rings is 1. The maximum absolute atomic E-state index is 13.2. The van der Waals surface area contributed by atoms with Gasteiger partial charge in [0.25, 0.3) is 0 Å². The molecule has 4 N–H and O–H groups in total. The molecule has 1 aromatic heterocycles. The van der Waals surface area contributed by atoms with Crippen LogP contribution >= 0.6 is 0 Å². The summed E-state index contributed by atoms with van der Waals surface area (Å²) in [7, 11) is 0. The van der Waals surface area contributed by atoms with Gasteiger partial charge in [-0.15, -0.1) is 0 Å². The molecule has 0 spiro atoms. The fourth-order valence-electron chi connectivity index (χ4n) is 4.40. The van der Waals surface area contributed by atoms with Crippen molar-refractivity contribution in [1.82, 2.24) is 20.2 Å². The third kappa shape index (κ3) is 5.45. The highest BCUT2D eigenvalue weighted by atomic mass is 19.4. The molecule has 3 atom stereocenters. The van der Waals surface area contributed by atoms with Crippen molar-refractivity contribution in [3.63, 3.8) is 0 Å². The normalized spacial score (nSPS) is 21.3. The molecule has 1 aromatic carbocycles. The van der Waals surface area contributed by atoms with E-state index < -0.39 is 30.5 Å². The molecule has 3 aliphatic rings. The van der Waals surface area contributed by atoms with Crippen LogP contribution in [0.15, 0.2) is 58.5 Å². The lowest BCUT2D eigenvalue weighted by Crippen LogP contribution is -2.57. The van der Waals surface area contributed by atoms with E-state index in [0.717, 1.165) is 12.1 Å². The number of hydrogen-bond donors (Lipinski definition) is 4. The van der Waals surface area contributed by atoms with Crippen LogP contribution in [0.5, 0.6) is 5.88 Å². The first-order valence-electron chi connectivity index (χ1n) is 11.8. The molecule has 2 aromatic rings. The Morgan fingerprint density at radius 2 is 2.08 bits per heavy atom. The Morgan fingerprint density at radius 1 is 1.24 bits per heavy atom. The van der Waals surface area contributed by atoms with Crippen LogP contribution in [0, 0.1) is 0 Å². The number of amidine groups is 2. The molecule has 4 heterocycles. The molecule has 38 heavy (non-hydrogen) atoms. The van der Waals surface area contributed by atoms with Crippen molar-refractivity contribution in [2.75, 3.05) is 25.1 Å². The summed E-state index contributed by atoms with van der Waals surface area (Å²) in [6.45, 7) is -0.152. The molecule has 5 rings (SSSR count). The quantitative estimate of drug-likeness (QED) is 0.419. The number of nitrogens with zero attached hydrogens (tertiary/aromatic N) is 5. The summed E-state index contributed by atoms with van der Waals surface area (Å²) in [4.78, 5) is 32.1. The zero-order chi connectivity index (χ0) is 26.9. The SMILES string of the molecule is O=C(Nc1cc(OC[C@H](O)CO)ncn1)C1CC[C@H]2CN1C1=CN=C(c3cccc(C(F)(F)F)c3)NC1=N2. The molecule has 2 bridgehead atoms. The number of hydrogen-bond acceptors (Lipinski definition) is 10. The predicted octanol–water partition coefficient (Wildman–Crippen LogP) is 1.30. The summed E-state index contributed by atoms with van der Waals surface area (Å²) in [5.41, 5.74) is 0.0627. The Bertz CT molecular complexity index is 1310. The van der Waals surface area contributed by atoms with E-state index in [4.69, 9.17) is 9.84 Å². The highest BCUT2D eigenvalue weighted by molar-refractivity contribution is 6.17. The number of fused-ring (bicyclic) bond motifs is 4. The summed E-state index contributed by atoms with van der Waals surface area (Å²) in [6, 6.07) is 5.63. The molecule has 200 valence electrons. The fraction of sp³-hybridized carbons (Fsp3) is 0.375. The number of aliphatic imine (C=N–C) groups is 2. The van der Waals surface area contributed by atoms with Crippen LogP contribution < -0.4 is 15.4 Å². The van der Waals surface area contributed by atoms with Crippen molar-refractivity contribution in [2.24, 2.45) is 9.98 Å². The van der Waals surface area contributed by atoms with E-state index in [1.54, 1.807) is 0 Å². The fourth-order valence-corrected chi connectivity index (χ4v) is 4.40. The van der Waals surface area contributed by atoms with Crippen molar-refractivity contribution in [2.45, 2.75) is 37.2 Å². The Hall–Kier alpha value is -4.04. The zero-order valence-electron chi connectivity index (χ0n) is 19.9. The van der Waals surface area contributed by atoms with E-state index in [1.165, 1.54) is 30.7 Å². The second-order valence-electron chi connectivity index (χ2n) is 8.95. The number of nitrogens with one attached hydrogen (secondary N) is 2. The Balaban J connectivity index is 1.33. The van der Waals surface area contributed by atoms with E-state index in [1.807, 2.05) is 4.90 Å². The number of aliphatic hydroxyl groups excluding tert-OH is 2. The number of amides is 1. The average molecular weight is 531 g/mol. The summed E-state index contributed by atoms with van der Waals surface area (Å²) >= 11 is 0. The van der Waals surface area contributed by atoms with Crippen molar-refractivity contribution in [3.8, 4) is 5.88 Å². The van der Waals surface area contributed by atoms with Gasteiger partial charge in [-0.25, -0.2) is 15.0 Å². The van der Waals surface area contributed by atoms with E-state index in [-0.39, 0.29) is 41.7 Å². The number of rotatable bonds is 7. The first-order valence-corrected chi connectivity index (χ1v) is 11.8. The minimum Gasteiger partial charge on any atom is -0.475 e. The lowest BCUT2D eigenvalue weighted by molar-refractivity contribution is -0.137. The van der Waals surface area contributed by atoms with Crippen molar-refractivity contribution in [3.05, 3.63) is 59.7 Å². The van der Waals surface area contributed by atoms with Gasteiger partial charge in [-0.3, -0.25) is 9.79 Å². The van der Waals surface area contributed by atoms with Gasteiger partial charge in [0.2, 0.25) is 11.8 Å². The molecule has 1 amide bonds. The lowest BCUT2D eigenvalue weighted by Gasteiger charge is -2.44. The maximum Gasteiger partial charge on any atom is 0.416 e. The minimum atomic E-state index is -4.48. The summed E-state index contributed by atoms with van der Waals surface area (Å²) in [5.74, 6) is 0.682. The highest BCUT2D eigenvalue weighted by Gasteiger charge is 2.40. The first kappa shape index (κ1) is 25.6. The molecule has 11 nitrogen and oxygen atoms in total. The van der Waals surface area contributed by atoms with Gasteiger partial charge >= 0.3 is 6.18 Å². The number of aromatic nitrogens is 2. The van der Waals surface area contributed by atoms with E-state index in [0.29, 0.717) is 30.9 Å². The molecule has 1 unspecified atom stereocenters. The summed E-state index contributed by atoms with van der Waals surface area (Å²) < 4.78 is 44.8. The third-order valence-electron chi connectivity index (χ3n) is 6.27. The van der Waals surface area contributed by atoms with Crippen LogP contribution in [0.1, 0.15) is 24.0 Å². The Kier molecular flexibility index (Phi) is 6.99. The van der Waals surface area contributed by atoms with E-state index in [9.17, 15) is 23.1 Å². The third-order valence-corrected chi connectivity index (χ3v) is 6.27.